The number of carbonyl (C=O) groups is 2. The van der Waals surface area contributed by atoms with Crippen molar-refractivity contribution in [1.82, 2.24) is 20.2 Å². The zero-order valence-corrected chi connectivity index (χ0v) is 23.2. The van der Waals surface area contributed by atoms with Gasteiger partial charge in [-0.25, -0.2) is 18.7 Å². The summed E-state index contributed by atoms with van der Waals surface area (Å²) in [5, 5.41) is 13.8. The first-order chi connectivity index (χ1) is 18.5. The Hall–Kier alpha value is -3.08. The number of thiazole rings is 1. The first-order valence-corrected chi connectivity index (χ1v) is 13.0. The van der Waals surface area contributed by atoms with Crippen LogP contribution in [0, 0.1) is 0 Å². The zero-order chi connectivity index (χ0) is 31.3. The van der Waals surface area contributed by atoms with Crippen LogP contribution in [0.4, 0.5) is 40.9 Å². The molecule has 17 heteroatoms. The standard InChI is InChI=1S/C24H27F8N5O3S/c1-10-7-22(25,26)9-37(10)20(39)16-17(41-19(36-16)18(38)35-11(2)21(4,5)40)13-8-33-15(6-14(13)24(30,31)32)34-12(3)23(27,28)29/h6,8,10-12,40H,7,9H2,1-5H3,(H,33,34)(H,35,38)/t10-,11-,12-/m0/s1. The van der Waals surface area contributed by atoms with Crippen LogP contribution in [0.25, 0.3) is 10.4 Å². The van der Waals surface area contributed by atoms with Gasteiger partial charge in [-0.05, 0) is 40.7 Å². The first-order valence-electron chi connectivity index (χ1n) is 12.1. The van der Waals surface area contributed by atoms with Crippen molar-refractivity contribution < 1.29 is 49.8 Å². The minimum atomic E-state index is -5.17. The Kier molecular flexibility index (Phi) is 8.67. The van der Waals surface area contributed by atoms with Gasteiger partial charge in [-0.15, -0.1) is 11.3 Å². The molecule has 0 bridgehead atoms. The highest BCUT2D eigenvalue weighted by molar-refractivity contribution is 7.17. The van der Waals surface area contributed by atoms with E-state index >= 15 is 0 Å². The number of alkyl halides is 8. The van der Waals surface area contributed by atoms with E-state index in [4.69, 9.17) is 0 Å². The average molecular weight is 618 g/mol. The molecular formula is C24H27F8N5O3S. The Bertz CT molecular complexity index is 1310. The molecule has 41 heavy (non-hydrogen) atoms. The molecule has 228 valence electrons. The maximum atomic E-state index is 14.2. The molecule has 1 fully saturated rings. The van der Waals surface area contributed by atoms with Gasteiger partial charge in [-0.3, -0.25) is 9.59 Å². The van der Waals surface area contributed by atoms with Gasteiger partial charge in [0.15, 0.2) is 5.01 Å². The molecule has 0 aliphatic carbocycles. The van der Waals surface area contributed by atoms with Crippen molar-refractivity contribution >= 4 is 29.0 Å². The molecule has 3 atom stereocenters. The van der Waals surface area contributed by atoms with Crippen LogP contribution < -0.4 is 10.6 Å². The van der Waals surface area contributed by atoms with E-state index in [9.17, 15) is 49.8 Å². The number of hydrogen-bond acceptors (Lipinski definition) is 7. The summed E-state index contributed by atoms with van der Waals surface area (Å²) in [6, 6.07) is -3.84. The topological polar surface area (TPSA) is 107 Å². The van der Waals surface area contributed by atoms with Crippen molar-refractivity contribution in [2.24, 2.45) is 0 Å². The summed E-state index contributed by atoms with van der Waals surface area (Å²) in [5.74, 6) is -6.18. The Morgan fingerprint density at radius 2 is 1.76 bits per heavy atom. The molecule has 0 radical (unpaired) electrons. The van der Waals surface area contributed by atoms with E-state index in [0.717, 1.165) is 4.90 Å². The Morgan fingerprint density at radius 1 is 1.15 bits per heavy atom. The van der Waals surface area contributed by atoms with Crippen LogP contribution in [0.5, 0.6) is 0 Å². The molecule has 3 heterocycles. The van der Waals surface area contributed by atoms with Gasteiger partial charge in [-0.1, -0.05) is 0 Å². The molecule has 2 aromatic rings. The molecule has 0 saturated carbocycles. The van der Waals surface area contributed by atoms with Crippen molar-refractivity contribution in [1.29, 1.82) is 0 Å². The summed E-state index contributed by atoms with van der Waals surface area (Å²) in [6.07, 6.45) is -10.1. The Morgan fingerprint density at radius 3 is 2.24 bits per heavy atom. The number of anilines is 1. The molecule has 0 unspecified atom stereocenters. The first kappa shape index (κ1) is 32.4. The predicted molar refractivity (Wildman–Crippen MR) is 133 cm³/mol. The van der Waals surface area contributed by atoms with Gasteiger partial charge in [0.25, 0.3) is 17.7 Å². The number of pyridine rings is 1. The SMILES string of the molecule is C[C@H](NC(=O)c1nc(C(=O)N2CC(F)(F)C[C@@H]2C)c(-c2cnc(N[C@@H](C)C(F)(F)F)cc2C(F)(F)F)s1)C(C)(C)O. The molecule has 1 saturated heterocycles. The maximum Gasteiger partial charge on any atom is 0.417 e. The lowest BCUT2D eigenvalue weighted by Crippen LogP contribution is -2.47. The Labute approximate surface area is 233 Å². The monoisotopic (exact) mass is 617 g/mol. The van der Waals surface area contributed by atoms with Gasteiger partial charge in [0, 0.05) is 24.2 Å². The fraction of sp³-hybridized carbons (Fsp3) is 0.583. The number of nitrogens with one attached hydrogen (secondary N) is 2. The summed E-state index contributed by atoms with van der Waals surface area (Å²) in [6.45, 7) is 5.15. The minimum Gasteiger partial charge on any atom is -0.388 e. The summed E-state index contributed by atoms with van der Waals surface area (Å²) < 4.78 is 109. The van der Waals surface area contributed by atoms with Gasteiger partial charge < -0.3 is 20.6 Å². The van der Waals surface area contributed by atoms with Crippen molar-refractivity contribution in [2.75, 3.05) is 11.9 Å². The van der Waals surface area contributed by atoms with Crippen molar-refractivity contribution in [3.8, 4) is 10.4 Å². The van der Waals surface area contributed by atoms with Gasteiger partial charge in [-0.2, -0.15) is 26.3 Å². The van der Waals surface area contributed by atoms with Gasteiger partial charge in [0.05, 0.1) is 28.6 Å². The summed E-state index contributed by atoms with van der Waals surface area (Å²) in [4.78, 5) is 34.0. The van der Waals surface area contributed by atoms with Crippen LogP contribution in [0.15, 0.2) is 12.3 Å². The minimum absolute atomic E-state index is 0.314. The molecule has 3 rings (SSSR count). The number of aliphatic hydroxyl groups is 1. The average Bonchev–Trinajstić information content (AvgIpc) is 3.37. The number of likely N-dealkylation sites (tertiary alicyclic amines) is 1. The highest BCUT2D eigenvalue weighted by Crippen LogP contribution is 2.43. The molecule has 8 nitrogen and oxygen atoms in total. The number of carbonyl (C=O) groups excluding carboxylic acids is 2. The van der Waals surface area contributed by atoms with E-state index in [2.05, 4.69) is 15.3 Å². The lowest BCUT2D eigenvalue weighted by molar-refractivity contribution is -0.138. The number of hydrogen-bond donors (Lipinski definition) is 3. The quantitative estimate of drug-likeness (QED) is 0.362. The predicted octanol–water partition coefficient (Wildman–Crippen LogP) is 5.35. The third-order valence-electron chi connectivity index (χ3n) is 6.53. The van der Waals surface area contributed by atoms with Crippen LogP contribution in [-0.4, -0.2) is 74.2 Å². The zero-order valence-electron chi connectivity index (χ0n) is 22.3. The van der Waals surface area contributed by atoms with E-state index in [0.29, 0.717) is 30.5 Å². The van der Waals surface area contributed by atoms with Crippen LogP contribution in [0.1, 0.15) is 66.9 Å². The summed E-state index contributed by atoms with van der Waals surface area (Å²) in [5.41, 5.74) is -4.46. The number of nitrogens with zero attached hydrogens (tertiary/aromatic N) is 3. The lowest BCUT2D eigenvalue weighted by Gasteiger charge is -2.26. The third kappa shape index (κ3) is 7.42. The van der Waals surface area contributed by atoms with Crippen molar-refractivity contribution in [3.63, 3.8) is 0 Å². The van der Waals surface area contributed by atoms with Crippen molar-refractivity contribution in [3.05, 3.63) is 28.5 Å². The molecule has 2 amide bonds. The molecule has 3 N–H and O–H groups in total. The normalized spacial score (nSPS) is 19.2. The van der Waals surface area contributed by atoms with E-state index in [1.807, 2.05) is 5.32 Å². The highest BCUT2D eigenvalue weighted by Gasteiger charge is 2.47. The number of aromatic nitrogens is 2. The molecule has 1 aliphatic heterocycles. The van der Waals surface area contributed by atoms with E-state index in [1.54, 1.807) is 0 Å². The molecule has 1 aliphatic rings. The van der Waals surface area contributed by atoms with Gasteiger partial charge in [0.2, 0.25) is 0 Å². The fourth-order valence-corrected chi connectivity index (χ4v) is 4.84. The molecular weight excluding hydrogens is 590 g/mol. The fourth-order valence-electron chi connectivity index (χ4n) is 3.85. The second kappa shape index (κ2) is 11.0. The van der Waals surface area contributed by atoms with Gasteiger partial charge in [0.1, 0.15) is 17.6 Å². The van der Waals surface area contributed by atoms with Crippen LogP contribution in [0.2, 0.25) is 0 Å². The number of amides is 2. The molecule has 0 spiro atoms. The van der Waals surface area contributed by atoms with Crippen molar-refractivity contribution in [2.45, 2.75) is 83.0 Å². The highest BCUT2D eigenvalue weighted by atomic mass is 32.1. The van der Waals surface area contributed by atoms with Gasteiger partial charge >= 0.3 is 12.4 Å². The smallest absolute Gasteiger partial charge is 0.388 e. The number of rotatable bonds is 7. The van der Waals surface area contributed by atoms with E-state index in [1.165, 1.54) is 27.7 Å². The largest absolute Gasteiger partial charge is 0.417 e. The third-order valence-corrected chi connectivity index (χ3v) is 7.62. The molecule has 2 aromatic heterocycles. The molecule has 0 aromatic carbocycles. The van der Waals surface area contributed by atoms with E-state index in [-0.39, 0.29) is 0 Å². The lowest BCUT2D eigenvalue weighted by atomic mass is 10.0. The van der Waals surface area contributed by atoms with Crippen LogP contribution in [-0.2, 0) is 6.18 Å². The van der Waals surface area contributed by atoms with Crippen LogP contribution in [0.3, 0.4) is 0 Å². The second-order valence-electron chi connectivity index (χ2n) is 10.4. The maximum absolute atomic E-state index is 14.2. The van der Waals surface area contributed by atoms with E-state index < -0.39 is 99.3 Å². The summed E-state index contributed by atoms with van der Waals surface area (Å²) in [7, 11) is 0. The summed E-state index contributed by atoms with van der Waals surface area (Å²) >= 11 is 0.336. The van der Waals surface area contributed by atoms with Crippen LogP contribution >= 0.6 is 11.3 Å². The number of halogens is 8. The second-order valence-corrected chi connectivity index (χ2v) is 11.4. The Balaban J connectivity index is 2.16.